The number of piperidine rings is 1. The Balaban J connectivity index is 2.02. The Labute approximate surface area is 129 Å². The molecule has 1 fully saturated rings. The van der Waals surface area contributed by atoms with Crippen molar-refractivity contribution in [2.75, 3.05) is 30.4 Å². The molecular formula is C15H18ClN5. The van der Waals surface area contributed by atoms with Crippen molar-refractivity contribution in [2.45, 2.75) is 19.3 Å². The van der Waals surface area contributed by atoms with Gasteiger partial charge in [-0.2, -0.15) is 15.0 Å². The van der Waals surface area contributed by atoms with Crippen molar-refractivity contribution in [3.8, 4) is 11.4 Å². The van der Waals surface area contributed by atoms with Crippen LogP contribution in [0.2, 0.25) is 5.02 Å². The van der Waals surface area contributed by atoms with Gasteiger partial charge in [0.25, 0.3) is 0 Å². The lowest BCUT2D eigenvalue weighted by Crippen LogP contribution is -2.31. The van der Waals surface area contributed by atoms with Gasteiger partial charge in [0, 0.05) is 25.7 Å². The molecule has 0 aliphatic carbocycles. The van der Waals surface area contributed by atoms with Crippen molar-refractivity contribution in [1.82, 2.24) is 15.0 Å². The molecule has 5 nitrogen and oxygen atoms in total. The third kappa shape index (κ3) is 3.08. The van der Waals surface area contributed by atoms with E-state index in [1.54, 1.807) is 0 Å². The SMILES string of the molecule is CNc1nc(-c2ccccc2Cl)nc(N2CCCCC2)n1. The first-order valence-corrected chi connectivity index (χ1v) is 7.59. The van der Waals surface area contributed by atoms with Crippen LogP contribution in [0.25, 0.3) is 11.4 Å². The average Bonchev–Trinajstić information content (AvgIpc) is 2.55. The van der Waals surface area contributed by atoms with E-state index in [1.807, 2.05) is 31.3 Å². The second-order valence-corrected chi connectivity index (χ2v) is 5.47. The molecule has 110 valence electrons. The molecule has 2 heterocycles. The van der Waals surface area contributed by atoms with Crippen molar-refractivity contribution in [3.05, 3.63) is 29.3 Å². The monoisotopic (exact) mass is 303 g/mol. The first kappa shape index (κ1) is 14.1. The van der Waals surface area contributed by atoms with Gasteiger partial charge in [0.15, 0.2) is 5.82 Å². The van der Waals surface area contributed by atoms with Crippen LogP contribution < -0.4 is 10.2 Å². The molecule has 1 aromatic heterocycles. The molecule has 3 rings (SSSR count). The zero-order chi connectivity index (χ0) is 14.7. The second kappa shape index (κ2) is 6.26. The van der Waals surface area contributed by atoms with Crippen molar-refractivity contribution in [1.29, 1.82) is 0 Å². The minimum Gasteiger partial charge on any atom is -0.357 e. The highest BCUT2D eigenvalue weighted by atomic mass is 35.5. The van der Waals surface area contributed by atoms with Crippen LogP contribution in [0.1, 0.15) is 19.3 Å². The van der Waals surface area contributed by atoms with Gasteiger partial charge in [0.1, 0.15) is 0 Å². The molecular weight excluding hydrogens is 286 g/mol. The number of rotatable bonds is 3. The topological polar surface area (TPSA) is 53.9 Å². The lowest BCUT2D eigenvalue weighted by molar-refractivity contribution is 0.568. The highest BCUT2D eigenvalue weighted by Gasteiger charge is 2.17. The second-order valence-electron chi connectivity index (χ2n) is 5.06. The van der Waals surface area contributed by atoms with Crippen LogP contribution in [0.5, 0.6) is 0 Å². The molecule has 1 aromatic carbocycles. The summed E-state index contributed by atoms with van der Waals surface area (Å²) in [6.07, 6.45) is 3.64. The first-order chi connectivity index (χ1) is 10.3. The van der Waals surface area contributed by atoms with E-state index in [0.717, 1.165) is 24.6 Å². The fourth-order valence-corrected chi connectivity index (χ4v) is 2.70. The van der Waals surface area contributed by atoms with E-state index in [2.05, 4.69) is 25.2 Å². The van der Waals surface area contributed by atoms with Crippen molar-refractivity contribution in [2.24, 2.45) is 0 Å². The number of nitrogens with one attached hydrogen (secondary N) is 1. The Kier molecular flexibility index (Phi) is 4.20. The molecule has 0 atom stereocenters. The quantitative estimate of drug-likeness (QED) is 0.943. The Morgan fingerprint density at radius 2 is 1.81 bits per heavy atom. The molecule has 0 unspecified atom stereocenters. The number of halogens is 1. The summed E-state index contributed by atoms with van der Waals surface area (Å²) in [7, 11) is 1.81. The van der Waals surface area contributed by atoms with E-state index in [1.165, 1.54) is 19.3 Å². The van der Waals surface area contributed by atoms with Gasteiger partial charge in [-0.1, -0.05) is 23.7 Å². The Bertz CT molecular complexity index is 625. The van der Waals surface area contributed by atoms with Gasteiger partial charge < -0.3 is 10.2 Å². The summed E-state index contributed by atoms with van der Waals surface area (Å²) >= 11 is 6.26. The lowest BCUT2D eigenvalue weighted by atomic mass is 10.1. The van der Waals surface area contributed by atoms with Gasteiger partial charge >= 0.3 is 0 Å². The number of anilines is 2. The van der Waals surface area contributed by atoms with Crippen LogP contribution in [0.3, 0.4) is 0 Å². The van der Waals surface area contributed by atoms with Crippen LogP contribution >= 0.6 is 11.6 Å². The zero-order valence-electron chi connectivity index (χ0n) is 12.0. The van der Waals surface area contributed by atoms with Crippen molar-refractivity contribution in [3.63, 3.8) is 0 Å². The fourth-order valence-electron chi connectivity index (χ4n) is 2.47. The Hall–Kier alpha value is -1.88. The van der Waals surface area contributed by atoms with Gasteiger partial charge in [0.05, 0.1) is 5.02 Å². The maximum absolute atomic E-state index is 6.26. The van der Waals surface area contributed by atoms with Crippen molar-refractivity contribution < 1.29 is 0 Å². The Morgan fingerprint density at radius 1 is 1.05 bits per heavy atom. The van der Waals surface area contributed by atoms with E-state index in [-0.39, 0.29) is 0 Å². The third-order valence-electron chi connectivity index (χ3n) is 3.60. The molecule has 0 bridgehead atoms. The smallest absolute Gasteiger partial charge is 0.230 e. The number of hydrogen-bond acceptors (Lipinski definition) is 5. The minimum atomic E-state index is 0.570. The third-order valence-corrected chi connectivity index (χ3v) is 3.93. The standard InChI is InChI=1S/C15H18ClN5/c1-17-14-18-13(11-7-3-4-8-12(11)16)19-15(20-14)21-9-5-2-6-10-21/h3-4,7-8H,2,5-6,9-10H2,1H3,(H,17,18,19,20). The molecule has 0 spiro atoms. The zero-order valence-corrected chi connectivity index (χ0v) is 12.8. The molecule has 0 radical (unpaired) electrons. The minimum absolute atomic E-state index is 0.570. The predicted octanol–water partition coefficient (Wildman–Crippen LogP) is 3.22. The number of hydrogen-bond donors (Lipinski definition) is 1. The molecule has 21 heavy (non-hydrogen) atoms. The normalized spacial score (nSPS) is 15.0. The van der Waals surface area contributed by atoms with E-state index in [9.17, 15) is 0 Å². The van der Waals surface area contributed by atoms with Crippen LogP contribution in [-0.2, 0) is 0 Å². The van der Waals surface area contributed by atoms with Gasteiger partial charge in [0.2, 0.25) is 11.9 Å². The first-order valence-electron chi connectivity index (χ1n) is 7.21. The lowest BCUT2D eigenvalue weighted by Gasteiger charge is -2.27. The molecule has 1 N–H and O–H groups in total. The highest BCUT2D eigenvalue weighted by molar-refractivity contribution is 6.33. The predicted molar refractivity (Wildman–Crippen MR) is 85.9 cm³/mol. The van der Waals surface area contributed by atoms with Crippen LogP contribution in [0, 0.1) is 0 Å². The molecule has 1 aliphatic heterocycles. The summed E-state index contributed by atoms with van der Waals surface area (Å²) in [4.78, 5) is 15.7. The average molecular weight is 304 g/mol. The number of nitrogens with zero attached hydrogens (tertiary/aromatic N) is 4. The molecule has 1 aliphatic rings. The number of benzene rings is 1. The van der Waals surface area contributed by atoms with Gasteiger partial charge in [-0.25, -0.2) is 0 Å². The molecule has 0 amide bonds. The molecule has 6 heteroatoms. The van der Waals surface area contributed by atoms with E-state index >= 15 is 0 Å². The summed E-state index contributed by atoms with van der Waals surface area (Å²) < 4.78 is 0. The van der Waals surface area contributed by atoms with Crippen LogP contribution in [0.4, 0.5) is 11.9 Å². The maximum Gasteiger partial charge on any atom is 0.230 e. The van der Waals surface area contributed by atoms with Crippen LogP contribution in [-0.4, -0.2) is 35.1 Å². The fraction of sp³-hybridized carbons (Fsp3) is 0.400. The van der Waals surface area contributed by atoms with E-state index in [0.29, 0.717) is 16.8 Å². The Morgan fingerprint density at radius 3 is 2.52 bits per heavy atom. The maximum atomic E-state index is 6.26. The van der Waals surface area contributed by atoms with E-state index in [4.69, 9.17) is 11.6 Å². The summed E-state index contributed by atoms with van der Waals surface area (Å²) in [5.41, 5.74) is 0.830. The van der Waals surface area contributed by atoms with Gasteiger partial charge in [-0.3, -0.25) is 0 Å². The summed E-state index contributed by atoms with van der Waals surface area (Å²) in [6, 6.07) is 7.61. The number of aromatic nitrogens is 3. The van der Waals surface area contributed by atoms with Crippen molar-refractivity contribution >= 4 is 23.5 Å². The van der Waals surface area contributed by atoms with Gasteiger partial charge in [-0.15, -0.1) is 0 Å². The molecule has 1 saturated heterocycles. The largest absolute Gasteiger partial charge is 0.357 e. The molecule has 0 saturated carbocycles. The summed E-state index contributed by atoms with van der Waals surface area (Å²) in [5, 5.41) is 3.65. The summed E-state index contributed by atoms with van der Waals surface area (Å²) in [6.45, 7) is 1.99. The highest BCUT2D eigenvalue weighted by Crippen LogP contribution is 2.27. The van der Waals surface area contributed by atoms with E-state index < -0.39 is 0 Å². The van der Waals surface area contributed by atoms with Gasteiger partial charge in [-0.05, 0) is 31.4 Å². The summed E-state index contributed by atoms with van der Waals surface area (Å²) in [5.74, 6) is 1.91. The van der Waals surface area contributed by atoms with Crippen LogP contribution in [0.15, 0.2) is 24.3 Å². The molecule has 2 aromatic rings.